The molecule has 0 aromatic carbocycles. The number of hydrogen-bond donors (Lipinski definition) is 0. The molecule has 1 aliphatic heterocycles. The first kappa shape index (κ1) is 11.9. The van der Waals surface area contributed by atoms with Crippen LogP contribution in [0.15, 0.2) is 4.99 Å². The van der Waals surface area contributed by atoms with Gasteiger partial charge in [0.1, 0.15) is 0 Å². The van der Waals surface area contributed by atoms with Gasteiger partial charge in [-0.1, -0.05) is 6.04 Å². The van der Waals surface area contributed by atoms with Gasteiger partial charge < -0.3 is 9.33 Å². The zero-order chi connectivity index (χ0) is 10.2. The van der Waals surface area contributed by atoms with Crippen molar-refractivity contribution < 1.29 is 4.43 Å². The van der Waals surface area contributed by atoms with Crippen LogP contribution in [-0.2, 0) is 4.43 Å². The lowest BCUT2D eigenvalue weighted by atomic mass is 10.4. The van der Waals surface area contributed by atoms with Crippen LogP contribution in [0.4, 0.5) is 0 Å². The van der Waals surface area contributed by atoms with Gasteiger partial charge in [0.05, 0.1) is 21.9 Å². The minimum Gasteiger partial charge on any atom is -0.420 e. The van der Waals surface area contributed by atoms with Gasteiger partial charge in [0.15, 0.2) is 0 Å². The van der Waals surface area contributed by atoms with E-state index in [0.29, 0.717) is 15.4 Å². The van der Waals surface area contributed by atoms with Gasteiger partial charge in [-0.2, -0.15) is 0 Å². The summed E-state index contributed by atoms with van der Waals surface area (Å²) in [7, 11) is 1.69. The lowest BCUT2D eigenvalue weighted by Crippen LogP contribution is -2.22. The molecule has 0 bridgehead atoms. The fraction of sp³-hybridized carbons (Fsp3) is 0.889. The van der Waals surface area contributed by atoms with Gasteiger partial charge in [0.25, 0.3) is 0 Å². The van der Waals surface area contributed by atoms with Crippen molar-refractivity contribution in [2.45, 2.75) is 32.4 Å². The van der Waals surface area contributed by atoms with E-state index in [9.17, 15) is 0 Å². The summed E-state index contributed by atoms with van der Waals surface area (Å²) in [5.74, 6) is 0. The van der Waals surface area contributed by atoms with Gasteiger partial charge in [0.2, 0.25) is 9.28 Å². The molecular weight excluding hydrogens is 208 g/mol. The summed E-state index contributed by atoms with van der Waals surface area (Å²) in [6, 6.07) is 1.30. The van der Waals surface area contributed by atoms with Crippen molar-refractivity contribution in [1.82, 2.24) is 4.90 Å². The number of nitrogens with zero attached hydrogens (tertiary/aromatic N) is 2. The van der Waals surface area contributed by atoms with Crippen LogP contribution in [0.25, 0.3) is 0 Å². The first-order valence-corrected chi connectivity index (χ1v) is 8.28. The monoisotopic (exact) mass is 226 g/mol. The van der Waals surface area contributed by atoms with Crippen LogP contribution in [0.3, 0.4) is 0 Å². The van der Waals surface area contributed by atoms with E-state index in [0.717, 1.165) is 22.1 Å². The predicted octanol–water partition coefficient (Wildman–Crippen LogP) is 0.802. The Balaban J connectivity index is 1.82. The topological polar surface area (TPSA) is 24.8 Å². The fourth-order valence-electron chi connectivity index (χ4n) is 1.17. The Labute approximate surface area is 91.5 Å². The van der Waals surface area contributed by atoms with Crippen molar-refractivity contribution >= 4 is 24.7 Å². The van der Waals surface area contributed by atoms with Crippen LogP contribution in [0.5, 0.6) is 0 Å². The molecule has 0 N–H and O–H groups in total. The molecule has 0 unspecified atom stereocenters. The van der Waals surface area contributed by atoms with Crippen molar-refractivity contribution in [3.63, 3.8) is 0 Å². The highest BCUT2D eigenvalue weighted by atomic mass is 29.2. The molecule has 0 atom stereocenters. The van der Waals surface area contributed by atoms with Gasteiger partial charge in [-0.3, -0.25) is 4.99 Å². The summed E-state index contributed by atoms with van der Waals surface area (Å²) in [6.45, 7) is 7.47. The normalized spacial score (nSPS) is 15.8. The second-order valence-corrected chi connectivity index (χ2v) is 6.57. The summed E-state index contributed by atoms with van der Waals surface area (Å²) < 4.78 is 5.51. The molecule has 0 saturated heterocycles. The molecule has 0 fully saturated rings. The molecule has 1 aliphatic rings. The van der Waals surface area contributed by atoms with Gasteiger partial charge in [-0.25, -0.2) is 0 Å². The van der Waals surface area contributed by atoms with E-state index in [4.69, 9.17) is 4.43 Å². The molecule has 0 aliphatic carbocycles. The molecule has 5 heteroatoms. The molecule has 1 rings (SSSR count). The molecular formula is C9H18N2OSi2. The largest absolute Gasteiger partial charge is 0.420 e. The number of aliphatic imine (C=N–C) groups is 1. The van der Waals surface area contributed by atoms with Crippen LogP contribution in [-0.4, -0.2) is 55.3 Å². The zero-order valence-corrected chi connectivity index (χ0v) is 11.0. The van der Waals surface area contributed by atoms with Gasteiger partial charge >= 0.3 is 0 Å². The summed E-state index contributed by atoms with van der Waals surface area (Å²) in [6.07, 6.45) is 3.65. The second kappa shape index (κ2) is 7.19. The third kappa shape index (κ3) is 5.56. The average Bonchev–Trinajstić information content (AvgIpc) is 2.63. The number of rotatable bonds is 7. The Morgan fingerprint density at radius 3 is 3.07 bits per heavy atom. The van der Waals surface area contributed by atoms with E-state index >= 15 is 0 Å². The highest BCUT2D eigenvalue weighted by Gasteiger charge is 2.04. The predicted molar refractivity (Wildman–Crippen MR) is 62.1 cm³/mol. The Morgan fingerprint density at radius 1 is 1.57 bits per heavy atom. The maximum atomic E-state index is 5.51. The molecule has 3 nitrogen and oxygen atoms in total. The highest BCUT2D eigenvalue weighted by molar-refractivity contribution is 6.97. The van der Waals surface area contributed by atoms with Crippen molar-refractivity contribution in [1.29, 1.82) is 0 Å². The van der Waals surface area contributed by atoms with E-state index < -0.39 is 0 Å². The standard InChI is InChI=1S/C9H18N2OSi2/c1-9(2)12-14-13-7-3-5-11-6-4-10-8-11/h8-9H,3-7H2,1-2H3. The molecule has 0 amide bonds. The molecule has 78 valence electrons. The molecule has 14 heavy (non-hydrogen) atoms. The minimum absolute atomic E-state index is 0.395. The van der Waals surface area contributed by atoms with Crippen LogP contribution in [0.2, 0.25) is 6.04 Å². The first-order valence-electron chi connectivity index (χ1n) is 5.16. The Bertz CT molecular complexity index is 176. The van der Waals surface area contributed by atoms with Gasteiger partial charge in [-0.05, 0) is 20.3 Å². The molecule has 1 heterocycles. The van der Waals surface area contributed by atoms with Gasteiger partial charge in [0, 0.05) is 19.2 Å². The lowest BCUT2D eigenvalue weighted by molar-refractivity contribution is 0.263. The van der Waals surface area contributed by atoms with Crippen molar-refractivity contribution in [3.8, 4) is 0 Å². The summed E-state index contributed by atoms with van der Waals surface area (Å²) in [4.78, 5) is 6.49. The molecule has 0 saturated carbocycles. The van der Waals surface area contributed by atoms with Crippen LogP contribution < -0.4 is 0 Å². The van der Waals surface area contributed by atoms with E-state index in [-0.39, 0.29) is 0 Å². The average molecular weight is 226 g/mol. The highest BCUT2D eigenvalue weighted by Crippen LogP contribution is 1.97. The summed E-state index contributed by atoms with van der Waals surface area (Å²) >= 11 is 0. The van der Waals surface area contributed by atoms with Crippen molar-refractivity contribution in [2.24, 2.45) is 4.99 Å². The number of hydrogen-bond acceptors (Lipinski definition) is 3. The van der Waals surface area contributed by atoms with Gasteiger partial charge in [-0.15, -0.1) is 0 Å². The minimum atomic E-state index is 0.395. The maximum absolute atomic E-state index is 5.51. The lowest BCUT2D eigenvalue weighted by Gasteiger charge is -2.12. The van der Waals surface area contributed by atoms with E-state index in [2.05, 4.69) is 23.7 Å². The smallest absolute Gasteiger partial charge is 0.206 e. The zero-order valence-electron chi connectivity index (χ0n) is 8.99. The van der Waals surface area contributed by atoms with E-state index in [1.54, 1.807) is 0 Å². The Morgan fingerprint density at radius 2 is 2.43 bits per heavy atom. The van der Waals surface area contributed by atoms with E-state index in [1.807, 2.05) is 6.34 Å². The Kier molecular flexibility index (Phi) is 6.13. The SMILES string of the molecule is CC(C)O[Si][Si]CCCN1C=NCC1. The maximum Gasteiger partial charge on any atom is 0.206 e. The van der Waals surface area contributed by atoms with Crippen molar-refractivity contribution in [2.75, 3.05) is 19.6 Å². The molecule has 0 aromatic rings. The quantitative estimate of drug-likeness (QED) is 0.474. The third-order valence-corrected chi connectivity index (χ3v) is 4.75. The molecule has 4 radical (unpaired) electrons. The first-order chi connectivity index (χ1) is 6.79. The third-order valence-electron chi connectivity index (χ3n) is 1.88. The molecule has 0 spiro atoms. The van der Waals surface area contributed by atoms with Crippen LogP contribution >= 0.6 is 0 Å². The Hall–Kier alpha value is -0.136. The van der Waals surface area contributed by atoms with Crippen molar-refractivity contribution in [3.05, 3.63) is 0 Å². The second-order valence-electron chi connectivity index (χ2n) is 3.61. The fourth-order valence-corrected chi connectivity index (χ4v) is 3.72. The van der Waals surface area contributed by atoms with E-state index in [1.165, 1.54) is 19.0 Å². The summed E-state index contributed by atoms with van der Waals surface area (Å²) in [5, 5.41) is 0. The summed E-state index contributed by atoms with van der Waals surface area (Å²) in [5.41, 5.74) is 0. The van der Waals surface area contributed by atoms with Crippen LogP contribution in [0, 0.1) is 0 Å². The molecule has 0 aromatic heterocycles. The van der Waals surface area contributed by atoms with Crippen LogP contribution in [0.1, 0.15) is 20.3 Å².